The number of hydrogen-bond donors (Lipinski definition) is 1. The minimum atomic E-state index is -0.177. The highest BCUT2D eigenvalue weighted by atomic mass is 16.2. The first-order valence-corrected chi connectivity index (χ1v) is 15.5. The maximum Gasteiger partial charge on any atom is 0.278 e. The molecular weight excluding hydrogens is 568 g/mol. The van der Waals surface area contributed by atoms with E-state index in [0.29, 0.717) is 36.1 Å². The van der Waals surface area contributed by atoms with E-state index in [1.807, 2.05) is 46.0 Å². The molecule has 2 amide bonds. The van der Waals surface area contributed by atoms with Crippen LogP contribution in [0.15, 0.2) is 77.9 Å². The van der Waals surface area contributed by atoms with E-state index < -0.39 is 0 Å². The van der Waals surface area contributed by atoms with Gasteiger partial charge in [0.15, 0.2) is 5.65 Å². The van der Waals surface area contributed by atoms with E-state index in [2.05, 4.69) is 45.3 Å². The molecule has 2 aliphatic rings. The fourth-order valence-corrected chi connectivity index (χ4v) is 6.58. The number of benzene rings is 2. The van der Waals surface area contributed by atoms with Crippen molar-refractivity contribution in [1.82, 2.24) is 28.8 Å². The third-order valence-corrected chi connectivity index (χ3v) is 8.92. The molecule has 2 aliphatic heterocycles. The molecule has 11 heteroatoms. The molecule has 0 saturated carbocycles. The lowest BCUT2D eigenvalue weighted by Gasteiger charge is -2.32. The van der Waals surface area contributed by atoms with E-state index in [9.17, 15) is 14.4 Å². The summed E-state index contributed by atoms with van der Waals surface area (Å²) < 4.78 is 5.79. The van der Waals surface area contributed by atoms with Gasteiger partial charge in [0.1, 0.15) is 5.39 Å². The summed E-state index contributed by atoms with van der Waals surface area (Å²) in [6.07, 6.45) is 11.3. The number of piperidine rings is 1. The average molecular weight is 605 g/mol. The maximum atomic E-state index is 13.6. The molecule has 3 aromatic heterocycles. The summed E-state index contributed by atoms with van der Waals surface area (Å²) in [5.41, 5.74) is 3.81. The van der Waals surface area contributed by atoms with Crippen molar-refractivity contribution in [3.05, 3.63) is 83.4 Å². The number of aromatic nitrogens is 5. The van der Waals surface area contributed by atoms with Crippen LogP contribution in [-0.4, -0.2) is 60.2 Å². The first kappa shape index (κ1) is 28.6. The summed E-state index contributed by atoms with van der Waals surface area (Å²) in [4.78, 5) is 50.9. The third kappa shape index (κ3) is 5.39. The Hall–Kier alpha value is -5.19. The summed E-state index contributed by atoms with van der Waals surface area (Å²) in [5.74, 6) is 0.491. The number of carbonyl (C=O) groups excluding carboxylic acids is 2. The molecule has 0 aliphatic carbocycles. The summed E-state index contributed by atoms with van der Waals surface area (Å²) in [6, 6.07) is 16.3. The predicted octanol–water partition coefficient (Wildman–Crippen LogP) is 5.17. The third-order valence-electron chi connectivity index (χ3n) is 8.92. The molecule has 5 heterocycles. The molecule has 1 saturated heterocycles. The van der Waals surface area contributed by atoms with Gasteiger partial charge in [0.2, 0.25) is 17.8 Å². The zero-order valence-electron chi connectivity index (χ0n) is 25.5. The van der Waals surface area contributed by atoms with Crippen molar-refractivity contribution in [1.29, 1.82) is 0 Å². The van der Waals surface area contributed by atoms with Crippen molar-refractivity contribution in [2.75, 3.05) is 29.9 Å². The number of nitrogens with zero attached hydrogens (tertiary/aromatic N) is 7. The lowest BCUT2D eigenvalue weighted by molar-refractivity contribution is -0.130. The Kier molecular flexibility index (Phi) is 7.44. The minimum Gasteiger partial charge on any atom is -0.344 e. The van der Waals surface area contributed by atoms with E-state index in [1.165, 1.54) is 0 Å². The Morgan fingerprint density at radius 2 is 1.76 bits per heavy atom. The fourth-order valence-electron chi connectivity index (χ4n) is 6.58. The smallest absolute Gasteiger partial charge is 0.278 e. The number of anilines is 3. The number of rotatable bonds is 3. The molecule has 2 aromatic carbocycles. The maximum absolute atomic E-state index is 13.6. The van der Waals surface area contributed by atoms with Gasteiger partial charge in [-0.3, -0.25) is 14.4 Å². The van der Waals surface area contributed by atoms with Gasteiger partial charge < -0.3 is 19.7 Å². The Morgan fingerprint density at radius 3 is 2.56 bits per heavy atom. The van der Waals surface area contributed by atoms with Gasteiger partial charge in [-0.1, -0.05) is 18.2 Å². The number of nitrogens with one attached hydrogen (secondary N) is 1. The second-order valence-corrected chi connectivity index (χ2v) is 11.8. The van der Waals surface area contributed by atoms with E-state index in [4.69, 9.17) is 4.98 Å². The first-order valence-electron chi connectivity index (χ1n) is 15.5. The number of amides is 2. The number of fused-ring (bicyclic) bond motifs is 7. The Morgan fingerprint density at radius 1 is 0.933 bits per heavy atom. The lowest BCUT2D eigenvalue weighted by atomic mass is 10.0. The second-order valence-electron chi connectivity index (χ2n) is 11.8. The Labute approximate surface area is 260 Å². The van der Waals surface area contributed by atoms with Gasteiger partial charge in [0.05, 0.1) is 12.2 Å². The van der Waals surface area contributed by atoms with E-state index in [1.54, 1.807) is 29.6 Å². The van der Waals surface area contributed by atoms with Crippen molar-refractivity contribution in [3.63, 3.8) is 0 Å². The zero-order valence-corrected chi connectivity index (χ0v) is 25.5. The fraction of sp³-hybridized carbons (Fsp3) is 0.324. The summed E-state index contributed by atoms with van der Waals surface area (Å²) in [6.45, 7) is 5.77. The number of likely N-dealkylation sites (tertiary alicyclic amines) is 1. The lowest BCUT2D eigenvalue weighted by Crippen LogP contribution is -2.37. The van der Waals surface area contributed by atoms with E-state index >= 15 is 0 Å². The van der Waals surface area contributed by atoms with Crippen LogP contribution in [0.1, 0.15) is 45.6 Å². The highest BCUT2D eigenvalue weighted by Gasteiger charge is 2.23. The van der Waals surface area contributed by atoms with Crippen LogP contribution in [0.2, 0.25) is 0 Å². The van der Waals surface area contributed by atoms with E-state index in [0.717, 1.165) is 66.7 Å². The van der Waals surface area contributed by atoms with Crippen molar-refractivity contribution in [3.8, 4) is 5.69 Å². The van der Waals surface area contributed by atoms with Crippen molar-refractivity contribution >= 4 is 51.1 Å². The standard InChI is InChI=1S/C34H36N8O3/c1-23(43)38-17-13-27(14-18-38)40-19-12-25-20-26(10-11-31(25)40)36-34-35-22-30-32(37-34)42-29-9-7-8-28(21-29)39(24(2)44)15-5-3-4-6-16-41(42)33(30)45/h4,6-12,19-22,27H,3,5,13-18H2,1-2H3,(H,35,36,37). The first-order chi connectivity index (χ1) is 21.9. The quantitative estimate of drug-likeness (QED) is 0.285. The topological polar surface area (TPSA) is 110 Å². The van der Waals surface area contributed by atoms with Crippen LogP contribution in [-0.2, 0) is 16.1 Å². The second kappa shape index (κ2) is 11.7. The predicted molar refractivity (Wildman–Crippen MR) is 175 cm³/mol. The Bertz CT molecular complexity index is 2010. The minimum absolute atomic E-state index is 0.0255. The van der Waals surface area contributed by atoms with Gasteiger partial charge in [-0.15, -0.1) is 0 Å². The monoisotopic (exact) mass is 604 g/mol. The van der Waals surface area contributed by atoms with Crippen LogP contribution in [0.3, 0.4) is 0 Å². The molecule has 0 spiro atoms. The molecule has 2 bridgehead atoms. The van der Waals surface area contributed by atoms with Crippen LogP contribution in [0.5, 0.6) is 0 Å². The summed E-state index contributed by atoms with van der Waals surface area (Å²) in [5, 5.41) is 4.85. The number of hydrogen-bond acceptors (Lipinski definition) is 6. The summed E-state index contributed by atoms with van der Waals surface area (Å²) >= 11 is 0. The molecule has 0 atom stereocenters. The normalized spacial score (nSPS) is 16.0. The van der Waals surface area contributed by atoms with Gasteiger partial charge in [-0.05, 0) is 68.1 Å². The van der Waals surface area contributed by atoms with Crippen LogP contribution >= 0.6 is 0 Å². The molecule has 1 N–H and O–H groups in total. The highest BCUT2D eigenvalue weighted by Crippen LogP contribution is 2.30. The van der Waals surface area contributed by atoms with Crippen molar-refractivity contribution < 1.29 is 9.59 Å². The van der Waals surface area contributed by atoms with E-state index in [-0.39, 0.29) is 17.4 Å². The highest BCUT2D eigenvalue weighted by molar-refractivity contribution is 5.92. The number of carbonyl (C=O) groups is 2. The average Bonchev–Trinajstić information content (AvgIpc) is 3.58. The molecule has 7 rings (SSSR count). The molecule has 0 unspecified atom stereocenters. The van der Waals surface area contributed by atoms with Gasteiger partial charge in [-0.25, -0.2) is 14.3 Å². The van der Waals surface area contributed by atoms with Gasteiger partial charge in [0.25, 0.3) is 5.56 Å². The van der Waals surface area contributed by atoms with Crippen LogP contribution in [0.25, 0.3) is 27.6 Å². The van der Waals surface area contributed by atoms with Crippen molar-refractivity contribution in [2.24, 2.45) is 0 Å². The van der Waals surface area contributed by atoms with Gasteiger partial charge >= 0.3 is 0 Å². The number of allylic oxidation sites excluding steroid dienone is 2. The van der Waals surface area contributed by atoms with Crippen molar-refractivity contribution in [2.45, 2.75) is 52.1 Å². The molecule has 230 valence electrons. The van der Waals surface area contributed by atoms with Crippen LogP contribution < -0.4 is 15.8 Å². The summed E-state index contributed by atoms with van der Waals surface area (Å²) in [7, 11) is 0. The molecule has 11 nitrogen and oxygen atoms in total. The SMILES string of the molecule is CC(=O)N1CCC(n2ccc3cc(Nc4ncc5c(=O)n6n(c5n4)-c4cccc(c4)N(C(C)=O)CCCC=CC6)ccc32)CC1. The molecule has 0 radical (unpaired) electrons. The molecule has 45 heavy (non-hydrogen) atoms. The van der Waals surface area contributed by atoms with Crippen LogP contribution in [0.4, 0.5) is 17.3 Å². The van der Waals surface area contributed by atoms with Gasteiger partial charge in [-0.2, -0.15) is 4.98 Å². The molecule has 5 aromatic rings. The van der Waals surface area contributed by atoms with Crippen LogP contribution in [0, 0.1) is 0 Å². The largest absolute Gasteiger partial charge is 0.344 e. The molecule has 1 fully saturated rings. The Balaban J connectivity index is 1.23. The molecular formula is C34H36N8O3. The zero-order chi connectivity index (χ0) is 31.1. The van der Waals surface area contributed by atoms with Gasteiger partial charge in [0, 0.05) is 74.2 Å².